The average molecular weight is 141 g/mol. The van der Waals surface area contributed by atoms with Crippen LogP contribution >= 0.6 is 0 Å². The highest BCUT2D eigenvalue weighted by Gasteiger charge is 2.16. The van der Waals surface area contributed by atoms with E-state index in [0.29, 0.717) is 0 Å². The molecule has 1 aliphatic heterocycles. The van der Waals surface area contributed by atoms with Crippen molar-refractivity contribution in [3.8, 4) is 0 Å². The standard InChI is InChI=1S/C9H19N/c1-3-8(2)9-6-4-5-7-10-9/h8-10H,3-7H2,1-2H3/t8?,9-/m0/s1. The van der Waals surface area contributed by atoms with Crippen molar-refractivity contribution in [2.24, 2.45) is 5.92 Å². The number of hydrogen-bond acceptors (Lipinski definition) is 1. The van der Waals surface area contributed by atoms with Gasteiger partial charge in [-0.2, -0.15) is 0 Å². The first-order valence-electron chi connectivity index (χ1n) is 4.58. The van der Waals surface area contributed by atoms with Crippen LogP contribution in [0.15, 0.2) is 0 Å². The van der Waals surface area contributed by atoms with E-state index in [1.807, 2.05) is 0 Å². The zero-order chi connectivity index (χ0) is 7.40. The molecular weight excluding hydrogens is 122 g/mol. The first-order chi connectivity index (χ1) is 4.84. The van der Waals surface area contributed by atoms with Gasteiger partial charge in [-0.05, 0) is 25.3 Å². The first kappa shape index (κ1) is 8.06. The average Bonchev–Trinajstić information content (AvgIpc) is 2.05. The lowest BCUT2D eigenvalue weighted by molar-refractivity contribution is 0.304. The summed E-state index contributed by atoms with van der Waals surface area (Å²) in [5.74, 6) is 0.875. The quantitative estimate of drug-likeness (QED) is 0.621. The Morgan fingerprint density at radius 2 is 2.30 bits per heavy atom. The molecule has 0 saturated carbocycles. The maximum atomic E-state index is 3.57. The molecule has 1 nitrogen and oxygen atoms in total. The van der Waals surface area contributed by atoms with Crippen molar-refractivity contribution in [2.75, 3.05) is 6.54 Å². The summed E-state index contributed by atoms with van der Waals surface area (Å²) in [4.78, 5) is 0. The molecule has 0 amide bonds. The van der Waals surface area contributed by atoms with Gasteiger partial charge >= 0.3 is 0 Å². The van der Waals surface area contributed by atoms with E-state index in [1.54, 1.807) is 0 Å². The molecule has 0 bridgehead atoms. The Bertz CT molecular complexity index is 84.7. The van der Waals surface area contributed by atoms with E-state index < -0.39 is 0 Å². The molecule has 1 saturated heterocycles. The Balaban J connectivity index is 2.24. The Kier molecular flexibility index (Phi) is 3.20. The molecule has 1 N–H and O–H groups in total. The van der Waals surface area contributed by atoms with Gasteiger partial charge < -0.3 is 5.32 Å². The summed E-state index contributed by atoms with van der Waals surface area (Å²) in [5, 5.41) is 3.57. The number of hydrogen-bond donors (Lipinski definition) is 1. The predicted molar refractivity (Wildman–Crippen MR) is 45.1 cm³/mol. The fraction of sp³-hybridized carbons (Fsp3) is 1.00. The van der Waals surface area contributed by atoms with E-state index >= 15 is 0 Å². The van der Waals surface area contributed by atoms with Crippen LogP contribution in [0.1, 0.15) is 39.5 Å². The molecule has 60 valence electrons. The van der Waals surface area contributed by atoms with Gasteiger partial charge in [0.1, 0.15) is 0 Å². The van der Waals surface area contributed by atoms with Gasteiger partial charge in [-0.15, -0.1) is 0 Å². The van der Waals surface area contributed by atoms with E-state index in [4.69, 9.17) is 0 Å². The zero-order valence-corrected chi connectivity index (χ0v) is 7.19. The molecular formula is C9H19N. The minimum Gasteiger partial charge on any atom is -0.314 e. The third-order valence-corrected chi connectivity index (χ3v) is 2.68. The molecule has 0 spiro atoms. The largest absolute Gasteiger partial charge is 0.314 e. The van der Waals surface area contributed by atoms with Crippen LogP contribution in [-0.2, 0) is 0 Å². The molecule has 0 radical (unpaired) electrons. The molecule has 10 heavy (non-hydrogen) atoms. The van der Waals surface area contributed by atoms with Crippen LogP contribution in [0.3, 0.4) is 0 Å². The maximum Gasteiger partial charge on any atom is 0.00925 e. The van der Waals surface area contributed by atoms with E-state index in [-0.39, 0.29) is 0 Å². The van der Waals surface area contributed by atoms with E-state index in [9.17, 15) is 0 Å². The summed E-state index contributed by atoms with van der Waals surface area (Å²) >= 11 is 0. The van der Waals surface area contributed by atoms with Crippen molar-refractivity contribution >= 4 is 0 Å². The molecule has 0 aromatic heterocycles. The minimum atomic E-state index is 0.818. The minimum absolute atomic E-state index is 0.818. The maximum absolute atomic E-state index is 3.57. The number of nitrogens with one attached hydrogen (secondary N) is 1. The van der Waals surface area contributed by atoms with Crippen LogP contribution in [0.4, 0.5) is 0 Å². The topological polar surface area (TPSA) is 12.0 Å². The summed E-state index contributed by atoms with van der Waals surface area (Å²) in [7, 11) is 0. The first-order valence-corrected chi connectivity index (χ1v) is 4.58. The summed E-state index contributed by atoms with van der Waals surface area (Å²) < 4.78 is 0. The van der Waals surface area contributed by atoms with Gasteiger partial charge in [-0.1, -0.05) is 26.7 Å². The third kappa shape index (κ3) is 1.98. The Morgan fingerprint density at radius 3 is 2.80 bits per heavy atom. The van der Waals surface area contributed by atoms with Crippen LogP contribution in [0, 0.1) is 5.92 Å². The normalized spacial score (nSPS) is 30.0. The predicted octanol–water partition coefficient (Wildman–Crippen LogP) is 2.17. The fourth-order valence-corrected chi connectivity index (χ4v) is 1.65. The van der Waals surface area contributed by atoms with Crippen LogP contribution in [0.2, 0.25) is 0 Å². The SMILES string of the molecule is CCC(C)[C@@H]1CCCCN1. The van der Waals surface area contributed by atoms with Gasteiger partial charge in [0.15, 0.2) is 0 Å². The van der Waals surface area contributed by atoms with E-state index in [2.05, 4.69) is 19.2 Å². The second-order valence-corrected chi connectivity index (χ2v) is 3.44. The van der Waals surface area contributed by atoms with Gasteiger partial charge in [0.25, 0.3) is 0 Å². The lowest BCUT2D eigenvalue weighted by Gasteiger charge is -2.28. The fourth-order valence-electron chi connectivity index (χ4n) is 1.65. The highest BCUT2D eigenvalue weighted by molar-refractivity contribution is 4.76. The summed E-state index contributed by atoms with van der Waals surface area (Å²) in [6.45, 7) is 5.87. The van der Waals surface area contributed by atoms with Crippen LogP contribution < -0.4 is 5.32 Å². The van der Waals surface area contributed by atoms with Crippen LogP contribution in [0.25, 0.3) is 0 Å². The van der Waals surface area contributed by atoms with Crippen molar-refractivity contribution in [1.29, 1.82) is 0 Å². The molecule has 1 aliphatic rings. The molecule has 2 atom stereocenters. The Labute approximate surface area is 64.2 Å². The van der Waals surface area contributed by atoms with Crippen molar-refractivity contribution in [2.45, 2.75) is 45.6 Å². The monoisotopic (exact) mass is 141 g/mol. The third-order valence-electron chi connectivity index (χ3n) is 2.68. The summed E-state index contributed by atoms with van der Waals surface area (Å²) in [6, 6.07) is 0.818. The van der Waals surface area contributed by atoms with E-state index in [1.165, 1.54) is 32.2 Å². The lowest BCUT2D eigenvalue weighted by Crippen LogP contribution is -2.38. The van der Waals surface area contributed by atoms with E-state index in [0.717, 1.165) is 12.0 Å². The van der Waals surface area contributed by atoms with Crippen molar-refractivity contribution in [3.63, 3.8) is 0 Å². The highest BCUT2D eigenvalue weighted by Crippen LogP contribution is 2.16. The molecule has 0 aromatic rings. The second kappa shape index (κ2) is 3.97. The Hall–Kier alpha value is -0.0400. The van der Waals surface area contributed by atoms with Crippen molar-refractivity contribution in [3.05, 3.63) is 0 Å². The molecule has 0 aromatic carbocycles. The second-order valence-electron chi connectivity index (χ2n) is 3.44. The van der Waals surface area contributed by atoms with Gasteiger partial charge in [0.2, 0.25) is 0 Å². The van der Waals surface area contributed by atoms with Crippen LogP contribution in [0.5, 0.6) is 0 Å². The molecule has 1 fully saturated rings. The lowest BCUT2D eigenvalue weighted by atomic mass is 9.92. The molecule has 1 unspecified atom stereocenters. The van der Waals surface area contributed by atoms with Gasteiger partial charge in [0.05, 0.1) is 0 Å². The smallest absolute Gasteiger partial charge is 0.00925 e. The molecule has 1 heteroatoms. The summed E-state index contributed by atoms with van der Waals surface area (Å²) in [5.41, 5.74) is 0. The van der Waals surface area contributed by atoms with Crippen molar-refractivity contribution in [1.82, 2.24) is 5.32 Å². The van der Waals surface area contributed by atoms with Gasteiger partial charge in [0, 0.05) is 6.04 Å². The molecule has 1 heterocycles. The van der Waals surface area contributed by atoms with Crippen molar-refractivity contribution < 1.29 is 0 Å². The molecule has 1 rings (SSSR count). The molecule has 0 aliphatic carbocycles. The highest BCUT2D eigenvalue weighted by atomic mass is 14.9. The van der Waals surface area contributed by atoms with Gasteiger partial charge in [-0.3, -0.25) is 0 Å². The number of piperidine rings is 1. The Morgan fingerprint density at radius 1 is 1.50 bits per heavy atom. The zero-order valence-electron chi connectivity index (χ0n) is 7.19. The number of rotatable bonds is 2. The summed E-state index contributed by atoms with van der Waals surface area (Å²) in [6.07, 6.45) is 5.53. The van der Waals surface area contributed by atoms with Crippen LogP contribution in [-0.4, -0.2) is 12.6 Å². The van der Waals surface area contributed by atoms with Gasteiger partial charge in [-0.25, -0.2) is 0 Å².